The summed E-state index contributed by atoms with van der Waals surface area (Å²) in [6.07, 6.45) is 3.62. The molecule has 28 heavy (non-hydrogen) atoms. The Labute approximate surface area is 169 Å². The van der Waals surface area contributed by atoms with Crippen LogP contribution in [0.3, 0.4) is 0 Å². The number of hydrogen-bond acceptors (Lipinski definition) is 4. The Kier molecular flexibility index (Phi) is 7.98. The van der Waals surface area contributed by atoms with Gasteiger partial charge in [0.05, 0.1) is 19.8 Å². The van der Waals surface area contributed by atoms with Crippen LogP contribution in [0.1, 0.15) is 37.3 Å². The minimum absolute atomic E-state index is 0.499. The van der Waals surface area contributed by atoms with Gasteiger partial charge in [0, 0.05) is 37.2 Å². The fourth-order valence-electron chi connectivity index (χ4n) is 3.81. The third kappa shape index (κ3) is 6.11. The lowest BCUT2D eigenvalue weighted by Gasteiger charge is -2.21. The lowest BCUT2D eigenvalue weighted by molar-refractivity contribution is 0.166. The molecule has 0 aliphatic carbocycles. The summed E-state index contributed by atoms with van der Waals surface area (Å²) in [5.41, 5.74) is 2.33. The van der Waals surface area contributed by atoms with Crippen LogP contribution in [0.5, 0.6) is 5.75 Å². The van der Waals surface area contributed by atoms with E-state index in [-0.39, 0.29) is 0 Å². The van der Waals surface area contributed by atoms with E-state index in [2.05, 4.69) is 54.6 Å². The summed E-state index contributed by atoms with van der Waals surface area (Å²) in [5, 5.41) is 6.87. The molecular formula is C22H36N4O2. The zero-order valence-corrected chi connectivity index (χ0v) is 17.7. The van der Waals surface area contributed by atoms with Crippen molar-refractivity contribution in [2.75, 3.05) is 46.5 Å². The summed E-state index contributed by atoms with van der Waals surface area (Å²) in [4.78, 5) is 7.24. The molecule has 2 fully saturated rings. The van der Waals surface area contributed by atoms with Crippen molar-refractivity contribution in [1.82, 2.24) is 15.5 Å². The van der Waals surface area contributed by atoms with Gasteiger partial charge >= 0.3 is 0 Å². The Balaban J connectivity index is 1.60. The quantitative estimate of drug-likeness (QED) is 0.529. The van der Waals surface area contributed by atoms with Crippen LogP contribution in [0.2, 0.25) is 0 Å². The molecule has 0 saturated carbocycles. The maximum atomic E-state index is 6.15. The molecule has 0 aromatic heterocycles. The summed E-state index contributed by atoms with van der Waals surface area (Å²) in [5.74, 6) is 2.32. The maximum absolute atomic E-state index is 6.15. The highest BCUT2D eigenvalue weighted by Crippen LogP contribution is 2.23. The fraction of sp³-hybridized carbons (Fsp3) is 0.682. The van der Waals surface area contributed by atoms with Crippen LogP contribution in [-0.2, 0) is 11.3 Å². The van der Waals surface area contributed by atoms with Gasteiger partial charge in [-0.05, 0) is 58.3 Å². The number of nitrogens with one attached hydrogen (secondary N) is 2. The first-order valence-electron chi connectivity index (χ1n) is 10.7. The Morgan fingerprint density at radius 1 is 1.32 bits per heavy atom. The molecule has 0 bridgehead atoms. The predicted octanol–water partition coefficient (Wildman–Crippen LogP) is 2.56. The number of hydrogen-bond donors (Lipinski definition) is 2. The predicted molar refractivity (Wildman–Crippen MR) is 114 cm³/mol. The Hall–Kier alpha value is -1.79. The van der Waals surface area contributed by atoms with E-state index < -0.39 is 0 Å². The molecule has 2 aliphatic heterocycles. The van der Waals surface area contributed by atoms with Crippen LogP contribution in [0.25, 0.3) is 0 Å². The number of guanidine groups is 1. The number of rotatable bonds is 8. The molecule has 156 valence electrons. The SMILES string of the molecule is CCNC(=NCc1ccc(C)cc1OCC1CCOC1)NCC1CCCN1C. The zero-order chi connectivity index (χ0) is 19.8. The van der Waals surface area contributed by atoms with Crippen LogP contribution in [-0.4, -0.2) is 63.4 Å². The Bertz CT molecular complexity index is 643. The summed E-state index contributed by atoms with van der Waals surface area (Å²) in [6, 6.07) is 6.97. The van der Waals surface area contributed by atoms with Gasteiger partial charge < -0.3 is 25.0 Å². The second-order valence-corrected chi connectivity index (χ2v) is 8.00. The molecule has 0 amide bonds. The number of aliphatic imine (C=N–C) groups is 1. The molecule has 2 unspecified atom stereocenters. The maximum Gasteiger partial charge on any atom is 0.191 e. The molecule has 1 aromatic rings. The van der Waals surface area contributed by atoms with Gasteiger partial charge in [-0.1, -0.05) is 12.1 Å². The van der Waals surface area contributed by atoms with E-state index >= 15 is 0 Å². The van der Waals surface area contributed by atoms with E-state index in [0.29, 0.717) is 25.1 Å². The molecule has 6 heteroatoms. The molecule has 3 rings (SSSR count). The first kappa shape index (κ1) is 20.9. The third-order valence-electron chi connectivity index (χ3n) is 5.65. The molecule has 1 aromatic carbocycles. The van der Waals surface area contributed by atoms with Gasteiger partial charge in [0.2, 0.25) is 0 Å². The summed E-state index contributed by atoms with van der Waals surface area (Å²) < 4.78 is 11.6. The zero-order valence-electron chi connectivity index (χ0n) is 17.7. The Morgan fingerprint density at radius 2 is 2.21 bits per heavy atom. The van der Waals surface area contributed by atoms with Gasteiger partial charge in [0.25, 0.3) is 0 Å². The van der Waals surface area contributed by atoms with Crippen molar-refractivity contribution in [2.24, 2.45) is 10.9 Å². The number of likely N-dealkylation sites (tertiary alicyclic amines) is 1. The molecule has 0 spiro atoms. The van der Waals surface area contributed by atoms with Crippen molar-refractivity contribution < 1.29 is 9.47 Å². The number of aryl methyl sites for hydroxylation is 1. The second-order valence-electron chi connectivity index (χ2n) is 8.00. The van der Waals surface area contributed by atoms with Gasteiger partial charge in [-0.3, -0.25) is 0 Å². The highest BCUT2D eigenvalue weighted by Gasteiger charge is 2.21. The van der Waals surface area contributed by atoms with Gasteiger partial charge in [-0.2, -0.15) is 0 Å². The number of nitrogens with zero attached hydrogens (tertiary/aromatic N) is 2. The van der Waals surface area contributed by atoms with E-state index in [0.717, 1.165) is 50.0 Å². The summed E-state index contributed by atoms with van der Waals surface area (Å²) >= 11 is 0. The van der Waals surface area contributed by atoms with Crippen molar-refractivity contribution in [3.05, 3.63) is 29.3 Å². The monoisotopic (exact) mass is 388 g/mol. The van der Waals surface area contributed by atoms with Crippen molar-refractivity contribution >= 4 is 5.96 Å². The highest BCUT2D eigenvalue weighted by atomic mass is 16.5. The molecular weight excluding hydrogens is 352 g/mol. The van der Waals surface area contributed by atoms with E-state index in [9.17, 15) is 0 Å². The van der Waals surface area contributed by atoms with Crippen LogP contribution in [0.15, 0.2) is 23.2 Å². The largest absolute Gasteiger partial charge is 0.493 e. The molecule has 2 N–H and O–H groups in total. The van der Waals surface area contributed by atoms with E-state index in [1.165, 1.54) is 24.9 Å². The van der Waals surface area contributed by atoms with Crippen molar-refractivity contribution in [1.29, 1.82) is 0 Å². The van der Waals surface area contributed by atoms with Gasteiger partial charge in [0.1, 0.15) is 5.75 Å². The van der Waals surface area contributed by atoms with Gasteiger partial charge in [-0.15, -0.1) is 0 Å². The lowest BCUT2D eigenvalue weighted by atomic mass is 10.1. The van der Waals surface area contributed by atoms with Crippen LogP contribution in [0.4, 0.5) is 0 Å². The van der Waals surface area contributed by atoms with Crippen molar-refractivity contribution in [2.45, 2.75) is 45.7 Å². The number of ether oxygens (including phenoxy) is 2. The highest BCUT2D eigenvalue weighted by molar-refractivity contribution is 5.79. The first-order valence-corrected chi connectivity index (χ1v) is 10.7. The number of benzene rings is 1. The van der Waals surface area contributed by atoms with Crippen molar-refractivity contribution in [3.63, 3.8) is 0 Å². The summed E-state index contributed by atoms with van der Waals surface area (Å²) in [6.45, 7) is 10.2. The van der Waals surface area contributed by atoms with Crippen molar-refractivity contribution in [3.8, 4) is 5.75 Å². The van der Waals surface area contributed by atoms with Gasteiger partial charge in [-0.25, -0.2) is 4.99 Å². The minimum Gasteiger partial charge on any atom is -0.493 e. The standard InChI is InChI=1S/C22H36N4O2/c1-4-23-22(25-14-20-6-5-10-26(20)3)24-13-19-8-7-17(2)12-21(19)28-16-18-9-11-27-15-18/h7-8,12,18,20H,4-6,9-11,13-16H2,1-3H3,(H2,23,24,25). The molecule has 6 nitrogen and oxygen atoms in total. The molecule has 2 heterocycles. The minimum atomic E-state index is 0.499. The third-order valence-corrected chi connectivity index (χ3v) is 5.65. The van der Waals surface area contributed by atoms with Crippen LogP contribution < -0.4 is 15.4 Å². The van der Waals surface area contributed by atoms with Crippen LogP contribution >= 0.6 is 0 Å². The fourth-order valence-corrected chi connectivity index (χ4v) is 3.81. The molecule has 0 radical (unpaired) electrons. The number of likely N-dealkylation sites (N-methyl/N-ethyl adjacent to an activating group) is 1. The average Bonchev–Trinajstić information content (AvgIpc) is 3.35. The first-order chi connectivity index (χ1) is 13.7. The van der Waals surface area contributed by atoms with Crippen LogP contribution in [0, 0.1) is 12.8 Å². The average molecular weight is 389 g/mol. The summed E-state index contributed by atoms with van der Waals surface area (Å²) in [7, 11) is 2.20. The smallest absolute Gasteiger partial charge is 0.191 e. The van der Waals surface area contributed by atoms with E-state index in [1.807, 2.05) is 0 Å². The van der Waals surface area contributed by atoms with Gasteiger partial charge in [0.15, 0.2) is 5.96 Å². The Morgan fingerprint density at radius 3 is 2.93 bits per heavy atom. The molecule has 2 atom stereocenters. The normalized spacial score (nSPS) is 23.2. The van der Waals surface area contributed by atoms with E-state index in [1.54, 1.807) is 0 Å². The van der Waals surface area contributed by atoms with E-state index in [4.69, 9.17) is 14.5 Å². The molecule has 2 saturated heterocycles. The molecule has 2 aliphatic rings. The second kappa shape index (κ2) is 10.7. The topological polar surface area (TPSA) is 58.1 Å². The lowest BCUT2D eigenvalue weighted by Crippen LogP contribution is -2.44.